The number of carbonyl (C=O) groups is 1. The van der Waals surface area contributed by atoms with Crippen LogP contribution in [0, 0.1) is 0 Å². The summed E-state index contributed by atoms with van der Waals surface area (Å²) < 4.78 is 16.4. The van der Waals surface area contributed by atoms with E-state index in [2.05, 4.69) is 4.90 Å². The molecule has 1 fully saturated rings. The zero-order valence-electron chi connectivity index (χ0n) is 19.2. The third-order valence-corrected chi connectivity index (χ3v) is 7.79. The van der Waals surface area contributed by atoms with Crippen molar-refractivity contribution in [2.45, 2.75) is 34.7 Å². The topological polar surface area (TPSA) is 113 Å². The number of likely N-dealkylation sites (tertiary alicyclic amines) is 1. The Morgan fingerprint density at radius 3 is 1.91 bits per heavy atom. The van der Waals surface area contributed by atoms with E-state index in [0.29, 0.717) is 5.75 Å². The maximum atomic E-state index is 11.7. The minimum atomic E-state index is -3.57. The van der Waals surface area contributed by atoms with Gasteiger partial charge in [-0.05, 0) is 61.4 Å². The number of nitrogens with two attached hydrogens (primary N) is 1. The Labute approximate surface area is 247 Å². The first-order valence-corrected chi connectivity index (χ1v) is 13.9. The summed E-state index contributed by atoms with van der Waals surface area (Å²) in [4.78, 5) is 25.3. The second kappa shape index (κ2) is 14.8. The summed E-state index contributed by atoms with van der Waals surface area (Å²) in [7, 11) is -3.57. The fourth-order valence-corrected chi connectivity index (χ4v) is 6.19. The van der Waals surface area contributed by atoms with Crippen LogP contribution in [-0.2, 0) is 9.36 Å². The Morgan fingerprint density at radius 1 is 1.03 bits per heavy atom. The number of aromatic hydroxyl groups is 1. The number of nitrogens with zero attached hydrogens (tertiary/aromatic N) is 1. The molecule has 12 heteroatoms. The molecule has 2 radical (unpaired) electrons. The fourth-order valence-electron chi connectivity index (χ4n) is 3.53. The predicted molar refractivity (Wildman–Crippen MR) is 137 cm³/mol. The summed E-state index contributed by atoms with van der Waals surface area (Å²) >= 11 is 3.39. The van der Waals surface area contributed by atoms with Crippen molar-refractivity contribution in [3.8, 4) is 11.5 Å². The van der Waals surface area contributed by atoms with E-state index in [1.54, 1.807) is 47.8 Å². The van der Waals surface area contributed by atoms with Crippen molar-refractivity contribution in [3.63, 3.8) is 0 Å². The number of benzene rings is 2. The summed E-state index contributed by atoms with van der Waals surface area (Å²) in [5, 5.41) is 9.43. The summed E-state index contributed by atoms with van der Waals surface area (Å²) in [6, 6.07) is 14.7. The number of phenols is 1. The molecular weight excluding hydrogens is 501 g/mol. The Balaban J connectivity index is 0.00000272. The van der Waals surface area contributed by atoms with Crippen LogP contribution in [0.2, 0.25) is 0 Å². The SMILES string of the molecule is CP(=O)(O)Oc1ccc(SC[C@@H]2CC[C@H](CSc3ccc(O)cc3)N2CC(N)=O)cc1.[Na].[Na]. The van der Waals surface area contributed by atoms with Gasteiger partial charge in [-0.3, -0.25) is 9.69 Å². The van der Waals surface area contributed by atoms with Gasteiger partial charge in [-0.25, -0.2) is 4.57 Å². The van der Waals surface area contributed by atoms with Gasteiger partial charge < -0.3 is 20.3 Å². The van der Waals surface area contributed by atoms with Crippen molar-refractivity contribution in [2.24, 2.45) is 5.73 Å². The van der Waals surface area contributed by atoms with E-state index in [1.807, 2.05) is 24.3 Å². The van der Waals surface area contributed by atoms with Crippen molar-refractivity contribution >= 4 is 96.1 Å². The van der Waals surface area contributed by atoms with Crippen LogP contribution in [0.4, 0.5) is 0 Å². The minimum Gasteiger partial charge on any atom is -0.508 e. The van der Waals surface area contributed by atoms with E-state index >= 15 is 0 Å². The van der Waals surface area contributed by atoms with Crippen LogP contribution in [-0.4, -0.2) is 117 Å². The number of carbonyl (C=O) groups excluding carboxylic acids is 1. The molecule has 0 saturated carbocycles. The Morgan fingerprint density at radius 2 is 1.48 bits per heavy atom. The second-order valence-electron chi connectivity index (χ2n) is 7.51. The van der Waals surface area contributed by atoms with E-state index in [-0.39, 0.29) is 89.4 Å². The van der Waals surface area contributed by atoms with Gasteiger partial charge in [-0.15, -0.1) is 23.5 Å². The van der Waals surface area contributed by atoms with Crippen LogP contribution in [0.15, 0.2) is 58.3 Å². The molecule has 0 bridgehead atoms. The molecule has 7 nitrogen and oxygen atoms in total. The van der Waals surface area contributed by atoms with E-state index in [1.165, 1.54) is 0 Å². The van der Waals surface area contributed by atoms with Gasteiger partial charge in [0.2, 0.25) is 5.91 Å². The zero-order valence-corrected chi connectivity index (χ0v) is 25.7. The number of primary amides is 1. The molecule has 0 aliphatic carbocycles. The van der Waals surface area contributed by atoms with Gasteiger partial charge in [-0.1, -0.05) is 0 Å². The van der Waals surface area contributed by atoms with Crippen LogP contribution < -0.4 is 10.3 Å². The van der Waals surface area contributed by atoms with E-state index in [9.17, 15) is 19.4 Å². The summed E-state index contributed by atoms with van der Waals surface area (Å²) in [5.74, 6) is 1.95. The minimum absolute atomic E-state index is 0. The average Bonchev–Trinajstić information content (AvgIpc) is 3.07. The maximum Gasteiger partial charge on any atom is 0.373 e. The van der Waals surface area contributed by atoms with E-state index in [0.717, 1.165) is 40.8 Å². The monoisotopic (exact) mass is 528 g/mol. The van der Waals surface area contributed by atoms with Crippen LogP contribution >= 0.6 is 31.1 Å². The van der Waals surface area contributed by atoms with Gasteiger partial charge in [-0.2, -0.15) is 0 Å². The number of rotatable bonds is 10. The number of hydrogen-bond donors (Lipinski definition) is 3. The first kappa shape index (κ1) is 31.4. The standard InChI is InChI=1S/C21H27N2O5PS2.2Na/c1-29(26,27)28-18-6-10-20(11-7-18)31-14-16-3-2-15(23(16)12-21(22)25)13-30-19-8-4-17(24)5-9-19;;/h4-11,15-16,24H,2-3,12-14H2,1H3,(H2,22,25)(H,26,27);;/t15-,16+;;/m1../s1. The number of amides is 1. The van der Waals surface area contributed by atoms with Gasteiger partial charge in [0, 0.05) is 99.2 Å². The van der Waals surface area contributed by atoms with Gasteiger partial charge in [0.1, 0.15) is 11.5 Å². The molecule has 1 amide bonds. The van der Waals surface area contributed by atoms with Crippen molar-refractivity contribution < 1.29 is 23.9 Å². The quantitative estimate of drug-likeness (QED) is 0.245. The van der Waals surface area contributed by atoms with Crippen LogP contribution in [0.3, 0.4) is 0 Å². The van der Waals surface area contributed by atoms with Crippen molar-refractivity contribution in [2.75, 3.05) is 24.7 Å². The molecule has 1 aliphatic rings. The Kier molecular flexibility index (Phi) is 14.1. The van der Waals surface area contributed by atoms with E-state index < -0.39 is 7.60 Å². The smallest absolute Gasteiger partial charge is 0.373 e. The Bertz CT molecular complexity index is 931. The van der Waals surface area contributed by atoms with E-state index in [4.69, 9.17) is 10.3 Å². The fraction of sp³-hybridized carbons (Fsp3) is 0.381. The van der Waals surface area contributed by atoms with Crippen molar-refractivity contribution in [1.82, 2.24) is 4.90 Å². The number of hydrogen-bond acceptors (Lipinski definition) is 7. The Hall–Kier alpha value is 0.360. The first-order chi connectivity index (χ1) is 14.7. The average molecular weight is 529 g/mol. The molecule has 1 aliphatic heterocycles. The van der Waals surface area contributed by atoms with Crippen molar-refractivity contribution in [3.05, 3.63) is 48.5 Å². The molecule has 1 unspecified atom stereocenters. The van der Waals surface area contributed by atoms with Crippen LogP contribution in [0.1, 0.15) is 12.8 Å². The summed E-state index contributed by atoms with van der Waals surface area (Å²) in [6.45, 7) is 1.39. The van der Waals surface area contributed by atoms with Gasteiger partial charge >= 0.3 is 7.60 Å². The molecule has 1 saturated heterocycles. The molecule has 2 aromatic carbocycles. The van der Waals surface area contributed by atoms with Crippen molar-refractivity contribution in [1.29, 1.82) is 0 Å². The molecule has 1 heterocycles. The van der Waals surface area contributed by atoms with Gasteiger partial charge in [0.05, 0.1) is 6.54 Å². The van der Waals surface area contributed by atoms with Gasteiger partial charge in [0.15, 0.2) is 0 Å². The first-order valence-electron chi connectivity index (χ1n) is 9.88. The molecule has 170 valence electrons. The molecule has 3 rings (SSSR count). The third-order valence-electron chi connectivity index (χ3n) is 4.93. The molecule has 0 spiro atoms. The molecular formula is C21H27N2Na2O5PS2. The molecule has 4 N–H and O–H groups in total. The van der Waals surface area contributed by atoms with Gasteiger partial charge in [0.25, 0.3) is 0 Å². The summed E-state index contributed by atoms with van der Waals surface area (Å²) in [5.41, 5.74) is 5.52. The third kappa shape index (κ3) is 10.9. The predicted octanol–water partition coefficient (Wildman–Crippen LogP) is 3.03. The van der Waals surface area contributed by atoms with Crippen LogP contribution in [0.5, 0.6) is 11.5 Å². The second-order valence-corrected chi connectivity index (χ2v) is 11.5. The summed E-state index contributed by atoms with van der Waals surface area (Å²) in [6.07, 6.45) is 1.99. The largest absolute Gasteiger partial charge is 0.508 e. The maximum absolute atomic E-state index is 11.7. The molecule has 0 aromatic heterocycles. The normalized spacial score (nSPS) is 19.7. The number of thioether (sulfide) groups is 2. The molecule has 3 atom stereocenters. The zero-order chi connectivity index (χ0) is 22.4. The number of phenolic OH excluding ortho intramolecular Hbond substituents is 1. The van der Waals surface area contributed by atoms with Crippen LogP contribution in [0.25, 0.3) is 0 Å². The molecule has 33 heavy (non-hydrogen) atoms. The molecule has 2 aromatic rings.